The highest BCUT2D eigenvalue weighted by Crippen LogP contribution is 2.41. The number of piperidine rings is 1. The third-order valence-electron chi connectivity index (χ3n) is 5.78. The van der Waals surface area contributed by atoms with Crippen molar-refractivity contribution >= 4 is 5.95 Å². The quantitative estimate of drug-likeness (QED) is 0.685. The highest BCUT2D eigenvalue weighted by Gasteiger charge is 2.43. The molecule has 0 N–H and O–H groups in total. The topological polar surface area (TPSA) is 69.0 Å². The largest absolute Gasteiger partial charge is 0.368 e. The first kappa shape index (κ1) is 17.3. The number of benzene rings is 1. The summed E-state index contributed by atoms with van der Waals surface area (Å²) in [6.45, 7) is 4.40. The molecule has 7 nitrogen and oxygen atoms in total. The summed E-state index contributed by atoms with van der Waals surface area (Å²) in [4.78, 5) is 16.5. The monoisotopic (exact) mass is 376 g/mol. The predicted octanol–water partition coefficient (Wildman–Crippen LogP) is 2.65. The van der Waals surface area contributed by atoms with Crippen LogP contribution in [0.2, 0.25) is 0 Å². The van der Waals surface area contributed by atoms with E-state index in [1.54, 1.807) is 0 Å². The van der Waals surface area contributed by atoms with Crippen molar-refractivity contribution in [2.75, 3.05) is 24.6 Å². The van der Waals surface area contributed by atoms with E-state index in [-0.39, 0.29) is 5.60 Å². The standard InChI is InChI=1S/C21H24N6O/c1-15-23-20(26(2)25-15)27-11-9-21(10-12-27)18-17(8-13-28-21)14-22-19(24-18)16-6-4-3-5-7-16/h3-7,14H,8-13H2,1-2H3. The summed E-state index contributed by atoms with van der Waals surface area (Å²) < 4.78 is 8.24. The van der Waals surface area contributed by atoms with E-state index in [0.29, 0.717) is 0 Å². The summed E-state index contributed by atoms with van der Waals surface area (Å²) >= 11 is 0. The molecule has 7 heteroatoms. The number of aryl methyl sites for hydroxylation is 2. The number of anilines is 1. The Bertz CT molecular complexity index is 991. The average Bonchev–Trinajstić information content (AvgIpc) is 3.07. The molecule has 144 valence electrons. The lowest BCUT2D eigenvalue weighted by Crippen LogP contribution is -2.48. The maximum atomic E-state index is 6.38. The lowest BCUT2D eigenvalue weighted by Gasteiger charge is -2.44. The maximum absolute atomic E-state index is 6.38. The van der Waals surface area contributed by atoms with Crippen LogP contribution >= 0.6 is 0 Å². The van der Waals surface area contributed by atoms with Gasteiger partial charge in [0.25, 0.3) is 0 Å². The van der Waals surface area contributed by atoms with Crippen molar-refractivity contribution in [1.82, 2.24) is 24.7 Å². The molecule has 0 aliphatic carbocycles. The summed E-state index contributed by atoms with van der Waals surface area (Å²) in [5, 5.41) is 4.38. The average molecular weight is 376 g/mol. The van der Waals surface area contributed by atoms with Gasteiger partial charge in [0, 0.05) is 31.9 Å². The Morgan fingerprint density at radius 2 is 1.86 bits per heavy atom. The molecule has 28 heavy (non-hydrogen) atoms. The minimum absolute atomic E-state index is 0.329. The highest BCUT2D eigenvalue weighted by molar-refractivity contribution is 5.55. The van der Waals surface area contributed by atoms with E-state index in [0.717, 1.165) is 67.8 Å². The molecule has 2 aliphatic heterocycles. The molecule has 1 saturated heterocycles. The first-order chi connectivity index (χ1) is 13.6. The van der Waals surface area contributed by atoms with Gasteiger partial charge in [0.2, 0.25) is 5.95 Å². The number of fused-ring (bicyclic) bond motifs is 2. The zero-order chi connectivity index (χ0) is 19.1. The summed E-state index contributed by atoms with van der Waals surface area (Å²) in [6, 6.07) is 10.2. The molecule has 4 heterocycles. The van der Waals surface area contributed by atoms with Crippen molar-refractivity contribution in [3.8, 4) is 11.4 Å². The number of aromatic nitrogens is 5. The molecule has 3 aromatic rings. The minimum atomic E-state index is -0.329. The lowest BCUT2D eigenvalue weighted by molar-refractivity contribution is -0.0802. The second-order valence-electron chi connectivity index (χ2n) is 7.60. The summed E-state index contributed by atoms with van der Waals surface area (Å²) in [7, 11) is 1.95. The van der Waals surface area contributed by atoms with Crippen LogP contribution < -0.4 is 4.90 Å². The van der Waals surface area contributed by atoms with Gasteiger partial charge >= 0.3 is 0 Å². The fraction of sp³-hybridized carbons (Fsp3) is 0.429. The number of nitrogens with zero attached hydrogens (tertiary/aromatic N) is 6. The lowest BCUT2D eigenvalue weighted by atomic mass is 9.83. The Kier molecular flexibility index (Phi) is 4.12. The van der Waals surface area contributed by atoms with Crippen LogP contribution in [-0.4, -0.2) is 44.4 Å². The van der Waals surface area contributed by atoms with Crippen LogP contribution in [0.3, 0.4) is 0 Å². The molecule has 5 rings (SSSR count). The van der Waals surface area contributed by atoms with Crippen molar-refractivity contribution in [2.24, 2.45) is 7.05 Å². The van der Waals surface area contributed by atoms with E-state index in [2.05, 4.69) is 32.1 Å². The van der Waals surface area contributed by atoms with Gasteiger partial charge in [-0.3, -0.25) is 0 Å². The Morgan fingerprint density at radius 1 is 1.07 bits per heavy atom. The van der Waals surface area contributed by atoms with E-state index in [4.69, 9.17) is 9.72 Å². The molecule has 2 aromatic heterocycles. The van der Waals surface area contributed by atoms with E-state index >= 15 is 0 Å². The molecule has 1 spiro atoms. The molecule has 1 aromatic carbocycles. The Balaban J connectivity index is 1.45. The van der Waals surface area contributed by atoms with Crippen LogP contribution in [0.25, 0.3) is 11.4 Å². The van der Waals surface area contributed by atoms with Crippen LogP contribution in [0.1, 0.15) is 29.9 Å². The summed E-state index contributed by atoms with van der Waals surface area (Å²) in [5.74, 6) is 2.50. The van der Waals surface area contributed by atoms with Gasteiger partial charge in [-0.15, -0.1) is 0 Å². The fourth-order valence-electron chi connectivity index (χ4n) is 4.36. The van der Waals surface area contributed by atoms with E-state index < -0.39 is 0 Å². The zero-order valence-corrected chi connectivity index (χ0v) is 16.3. The van der Waals surface area contributed by atoms with Crippen molar-refractivity contribution in [2.45, 2.75) is 31.8 Å². The maximum Gasteiger partial charge on any atom is 0.223 e. The number of ether oxygens (including phenoxy) is 1. The third kappa shape index (κ3) is 2.86. The van der Waals surface area contributed by atoms with Gasteiger partial charge in [-0.1, -0.05) is 30.3 Å². The molecule has 0 saturated carbocycles. The van der Waals surface area contributed by atoms with Crippen LogP contribution in [-0.2, 0) is 23.8 Å². The van der Waals surface area contributed by atoms with Gasteiger partial charge in [0.15, 0.2) is 5.82 Å². The number of hydrogen-bond acceptors (Lipinski definition) is 6. The smallest absolute Gasteiger partial charge is 0.223 e. The molecule has 1 fully saturated rings. The molecule has 0 unspecified atom stereocenters. The number of hydrogen-bond donors (Lipinski definition) is 0. The normalized spacial score (nSPS) is 18.3. The fourth-order valence-corrected chi connectivity index (χ4v) is 4.36. The van der Waals surface area contributed by atoms with Crippen LogP contribution in [0, 0.1) is 6.92 Å². The summed E-state index contributed by atoms with van der Waals surface area (Å²) in [6.07, 6.45) is 4.64. The molecular weight excluding hydrogens is 352 g/mol. The predicted molar refractivity (Wildman–Crippen MR) is 106 cm³/mol. The van der Waals surface area contributed by atoms with Crippen molar-refractivity contribution in [3.05, 3.63) is 53.6 Å². The Hall–Kier alpha value is -2.80. The molecule has 2 aliphatic rings. The van der Waals surface area contributed by atoms with Gasteiger partial charge in [-0.25, -0.2) is 14.6 Å². The SMILES string of the molecule is Cc1nc(N2CCC3(CC2)OCCc2cnc(-c4ccccc4)nc23)n(C)n1. The van der Waals surface area contributed by atoms with Gasteiger partial charge in [-0.05, 0) is 31.7 Å². The van der Waals surface area contributed by atoms with E-state index in [1.807, 2.05) is 43.0 Å². The van der Waals surface area contributed by atoms with Gasteiger partial charge in [0.1, 0.15) is 11.4 Å². The Morgan fingerprint density at radius 3 is 2.57 bits per heavy atom. The second-order valence-corrected chi connectivity index (χ2v) is 7.60. The molecular formula is C21H24N6O. The number of rotatable bonds is 2. The van der Waals surface area contributed by atoms with Crippen molar-refractivity contribution in [1.29, 1.82) is 0 Å². The van der Waals surface area contributed by atoms with Crippen LogP contribution in [0.15, 0.2) is 36.5 Å². The van der Waals surface area contributed by atoms with E-state index in [1.165, 1.54) is 5.56 Å². The van der Waals surface area contributed by atoms with E-state index in [9.17, 15) is 0 Å². The molecule has 0 amide bonds. The minimum Gasteiger partial charge on any atom is -0.368 e. The first-order valence-electron chi connectivity index (χ1n) is 9.83. The molecule has 0 atom stereocenters. The highest BCUT2D eigenvalue weighted by atomic mass is 16.5. The van der Waals surface area contributed by atoms with Gasteiger partial charge in [-0.2, -0.15) is 10.1 Å². The van der Waals surface area contributed by atoms with Gasteiger partial charge < -0.3 is 9.64 Å². The third-order valence-corrected chi connectivity index (χ3v) is 5.78. The molecule has 0 radical (unpaired) electrons. The van der Waals surface area contributed by atoms with Gasteiger partial charge in [0.05, 0.1) is 12.3 Å². The Labute approximate surface area is 164 Å². The first-order valence-corrected chi connectivity index (χ1v) is 9.83. The second kappa shape index (κ2) is 6.67. The molecule has 0 bridgehead atoms. The van der Waals surface area contributed by atoms with Crippen molar-refractivity contribution < 1.29 is 4.74 Å². The van der Waals surface area contributed by atoms with Crippen LogP contribution in [0.5, 0.6) is 0 Å². The summed E-state index contributed by atoms with van der Waals surface area (Å²) in [5.41, 5.74) is 3.00. The zero-order valence-electron chi connectivity index (χ0n) is 16.3. The van der Waals surface area contributed by atoms with Crippen molar-refractivity contribution in [3.63, 3.8) is 0 Å². The van der Waals surface area contributed by atoms with Crippen LogP contribution in [0.4, 0.5) is 5.95 Å².